The van der Waals surface area contributed by atoms with Gasteiger partial charge in [-0.25, -0.2) is 0 Å². The SMILES string of the molecule is CC(C)c1cccc2c1OCC[C@@H]2O. The zero-order valence-corrected chi connectivity index (χ0v) is 8.66. The van der Waals surface area contributed by atoms with E-state index in [2.05, 4.69) is 19.9 Å². The molecule has 0 saturated carbocycles. The third kappa shape index (κ3) is 1.50. The van der Waals surface area contributed by atoms with E-state index in [1.807, 2.05) is 12.1 Å². The van der Waals surface area contributed by atoms with Crippen LogP contribution in [0.2, 0.25) is 0 Å². The second-order valence-electron chi connectivity index (χ2n) is 4.07. The fourth-order valence-corrected chi connectivity index (χ4v) is 1.89. The molecule has 14 heavy (non-hydrogen) atoms. The summed E-state index contributed by atoms with van der Waals surface area (Å²) in [7, 11) is 0. The van der Waals surface area contributed by atoms with Gasteiger partial charge in [-0.1, -0.05) is 32.0 Å². The Balaban J connectivity index is 2.49. The van der Waals surface area contributed by atoms with Crippen LogP contribution < -0.4 is 4.74 Å². The molecule has 0 saturated heterocycles. The van der Waals surface area contributed by atoms with Crippen LogP contribution in [-0.4, -0.2) is 11.7 Å². The summed E-state index contributed by atoms with van der Waals surface area (Å²) in [6.07, 6.45) is 0.353. The first-order valence-corrected chi connectivity index (χ1v) is 5.14. The molecular weight excluding hydrogens is 176 g/mol. The van der Waals surface area contributed by atoms with Crippen LogP contribution in [0, 0.1) is 0 Å². The van der Waals surface area contributed by atoms with E-state index in [4.69, 9.17) is 4.74 Å². The van der Waals surface area contributed by atoms with Gasteiger partial charge in [0, 0.05) is 12.0 Å². The Kier molecular flexibility index (Phi) is 2.46. The van der Waals surface area contributed by atoms with Gasteiger partial charge in [-0.2, -0.15) is 0 Å². The van der Waals surface area contributed by atoms with Crippen molar-refractivity contribution in [2.75, 3.05) is 6.61 Å². The van der Waals surface area contributed by atoms with E-state index in [0.717, 1.165) is 11.3 Å². The van der Waals surface area contributed by atoms with Crippen molar-refractivity contribution in [2.45, 2.75) is 32.3 Å². The van der Waals surface area contributed by atoms with Crippen LogP contribution in [0.5, 0.6) is 5.75 Å². The van der Waals surface area contributed by atoms with Crippen molar-refractivity contribution in [3.8, 4) is 5.75 Å². The van der Waals surface area contributed by atoms with E-state index in [1.165, 1.54) is 5.56 Å². The van der Waals surface area contributed by atoms with Crippen LogP contribution in [0.3, 0.4) is 0 Å². The summed E-state index contributed by atoms with van der Waals surface area (Å²) in [6, 6.07) is 6.01. The van der Waals surface area contributed by atoms with Crippen LogP contribution in [0.1, 0.15) is 43.4 Å². The van der Waals surface area contributed by atoms with Crippen molar-refractivity contribution in [2.24, 2.45) is 0 Å². The molecule has 0 aromatic heterocycles. The molecule has 1 heterocycles. The quantitative estimate of drug-likeness (QED) is 0.741. The molecule has 0 unspecified atom stereocenters. The Bertz CT molecular complexity index is 317. The van der Waals surface area contributed by atoms with E-state index < -0.39 is 0 Å². The van der Waals surface area contributed by atoms with Gasteiger partial charge >= 0.3 is 0 Å². The summed E-state index contributed by atoms with van der Waals surface area (Å²) in [5.74, 6) is 1.34. The summed E-state index contributed by atoms with van der Waals surface area (Å²) in [4.78, 5) is 0. The highest BCUT2D eigenvalue weighted by Crippen LogP contribution is 2.37. The average molecular weight is 192 g/mol. The highest BCUT2D eigenvalue weighted by atomic mass is 16.5. The lowest BCUT2D eigenvalue weighted by Gasteiger charge is -2.25. The zero-order chi connectivity index (χ0) is 10.1. The first-order chi connectivity index (χ1) is 6.70. The Hall–Kier alpha value is -1.02. The Morgan fingerprint density at radius 1 is 1.43 bits per heavy atom. The molecule has 0 aliphatic carbocycles. The van der Waals surface area contributed by atoms with Crippen molar-refractivity contribution in [1.29, 1.82) is 0 Å². The molecule has 76 valence electrons. The molecule has 2 nitrogen and oxygen atoms in total. The molecule has 0 spiro atoms. The van der Waals surface area contributed by atoms with Gasteiger partial charge in [-0.05, 0) is 11.5 Å². The number of aliphatic hydroxyl groups excluding tert-OH is 1. The third-order valence-electron chi connectivity index (χ3n) is 2.69. The summed E-state index contributed by atoms with van der Waals surface area (Å²) >= 11 is 0. The van der Waals surface area contributed by atoms with Crippen LogP contribution in [0.15, 0.2) is 18.2 Å². The maximum absolute atomic E-state index is 9.79. The minimum Gasteiger partial charge on any atom is -0.493 e. The normalized spacial score (nSPS) is 20.4. The van der Waals surface area contributed by atoms with Gasteiger partial charge in [0.2, 0.25) is 0 Å². The number of benzene rings is 1. The van der Waals surface area contributed by atoms with Crippen molar-refractivity contribution >= 4 is 0 Å². The Morgan fingerprint density at radius 3 is 2.93 bits per heavy atom. The van der Waals surface area contributed by atoms with Crippen molar-refractivity contribution in [1.82, 2.24) is 0 Å². The van der Waals surface area contributed by atoms with Gasteiger partial charge in [0.1, 0.15) is 5.75 Å². The van der Waals surface area contributed by atoms with Crippen LogP contribution in [-0.2, 0) is 0 Å². The second kappa shape index (κ2) is 3.62. The largest absolute Gasteiger partial charge is 0.493 e. The van der Waals surface area contributed by atoms with Crippen molar-refractivity contribution in [3.05, 3.63) is 29.3 Å². The lowest BCUT2D eigenvalue weighted by atomic mass is 9.94. The van der Waals surface area contributed by atoms with Crippen LogP contribution in [0.4, 0.5) is 0 Å². The predicted molar refractivity (Wildman–Crippen MR) is 55.6 cm³/mol. The maximum atomic E-state index is 9.79. The molecule has 1 aliphatic heterocycles. The molecule has 1 N–H and O–H groups in total. The number of fused-ring (bicyclic) bond motifs is 1. The van der Waals surface area contributed by atoms with E-state index in [1.54, 1.807) is 0 Å². The molecule has 1 aromatic rings. The topological polar surface area (TPSA) is 29.5 Å². The molecule has 2 rings (SSSR count). The fraction of sp³-hybridized carbons (Fsp3) is 0.500. The average Bonchev–Trinajstić information content (AvgIpc) is 2.17. The molecule has 1 aromatic carbocycles. The van der Waals surface area contributed by atoms with Crippen LogP contribution in [0.25, 0.3) is 0 Å². The number of para-hydroxylation sites is 1. The fourth-order valence-electron chi connectivity index (χ4n) is 1.89. The zero-order valence-electron chi connectivity index (χ0n) is 8.66. The summed E-state index contributed by atoms with van der Waals surface area (Å²) in [6.45, 7) is 4.90. The van der Waals surface area contributed by atoms with Gasteiger partial charge < -0.3 is 9.84 Å². The van der Waals surface area contributed by atoms with E-state index in [-0.39, 0.29) is 6.10 Å². The van der Waals surface area contributed by atoms with Gasteiger partial charge in [-0.3, -0.25) is 0 Å². The molecule has 1 aliphatic rings. The number of aliphatic hydroxyl groups is 1. The molecule has 0 bridgehead atoms. The second-order valence-corrected chi connectivity index (χ2v) is 4.07. The third-order valence-corrected chi connectivity index (χ3v) is 2.69. The van der Waals surface area contributed by atoms with Gasteiger partial charge in [-0.15, -0.1) is 0 Å². The van der Waals surface area contributed by atoms with Gasteiger partial charge in [0.05, 0.1) is 12.7 Å². The molecule has 0 amide bonds. The first kappa shape index (κ1) is 9.53. The minimum atomic E-state index is -0.350. The number of rotatable bonds is 1. The van der Waals surface area contributed by atoms with E-state index in [9.17, 15) is 5.11 Å². The summed E-state index contributed by atoms with van der Waals surface area (Å²) in [5, 5.41) is 9.79. The highest BCUT2D eigenvalue weighted by Gasteiger charge is 2.22. The molecule has 0 fully saturated rings. The Labute approximate surface area is 84.5 Å². The van der Waals surface area contributed by atoms with E-state index >= 15 is 0 Å². The molecular formula is C12H16O2. The number of hydrogen-bond acceptors (Lipinski definition) is 2. The summed E-state index contributed by atoms with van der Waals surface area (Å²) < 4.78 is 5.63. The van der Waals surface area contributed by atoms with Crippen LogP contribution >= 0.6 is 0 Å². The standard InChI is InChI=1S/C12H16O2/c1-8(2)9-4-3-5-10-11(13)6-7-14-12(9)10/h3-5,8,11,13H,6-7H2,1-2H3/t11-/m0/s1. The van der Waals surface area contributed by atoms with E-state index in [0.29, 0.717) is 18.9 Å². The summed E-state index contributed by atoms with van der Waals surface area (Å²) in [5.41, 5.74) is 2.14. The molecule has 1 atom stereocenters. The van der Waals surface area contributed by atoms with Crippen molar-refractivity contribution < 1.29 is 9.84 Å². The Morgan fingerprint density at radius 2 is 2.21 bits per heavy atom. The van der Waals surface area contributed by atoms with Gasteiger partial charge in [0.15, 0.2) is 0 Å². The van der Waals surface area contributed by atoms with Crippen molar-refractivity contribution in [3.63, 3.8) is 0 Å². The first-order valence-electron chi connectivity index (χ1n) is 5.14. The molecule has 2 heteroatoms. The lowest BCUT2D eigenvalue weighted by Crippen LogP contribution is -2.15. The smallest absolute Gasteiger partial charge is 0.128 e. The lowest BCUT2D eigenvalue weighted by molar-refractivity contribution is 0.114. The maximum Gasteiger partial charge on any atom is 0.128 e. The van der Waals surface area contributed by atoms with Gasteiger partial charge in [0.25, 0.3) is 0 Å². The highest BCUT2D eigenvalue weighted by molar-refractivity contribution is 5.45. The minimum absolute atomic E-state index is 0.350. The number of ether oxygens (including phenoxy) is 1. The monoisotopic (exact) mass is 192 g/mol. The predicted octanol–water partition coefficient (Wildman–Crippen LogP) is 2.63. The molecule has 0 radical (unpaired) electrons. The number of hydrogen-bond donors (Lipinski definition) is 1.